The van der Waals surface area contributed by atoms with Crippen molar-refractivity contribution in [3.05, 3.63) is 44.9 Å². The van der Waals surface area contributed by atoms with Crippen molar-refractivity contribution in [3.8, 4) is 6.07 Å². The molecule has 2 aliphatic heterocycles. The van der Waals surface area contributed by atoms with Gasteiger partial charge in [-0.3, -0.25) is 9.59 Å². The van der Waals surface area contributed by atoms with Gasteiger partial charge in [0.1, 0.15) is 17.6 Å². The van der Waals surface area contributed by atoms with Gasteiger partial charge in [-0.1, -0.05) is 11.6 Å². The number of fused-ring (bicyclic) bond motifs is 2. The molecule has 0 radical (unpaired) electrons. The third-order valence-corrected chi connectivity index (χ3v) is 10.1. The normalized spacial score (nSPS) is 18.7. The molecule has 2 amide bonds. The number of amides is 2. The topological polar surface area (TPSA) is 137 Å². The number of hydrogen-bond donors (Lipinski definition) is 1. The third-order valence-electron chi connectivity index (χ3n) is 7.04. The highest BCUT2D eigenvalue weighted by atomic mass is 35.5. The van der Waals surface area contributed by atoms with Crippen LogP contribution in [-0.2, 0) is 27.9 Å². The second-order valence-electron chi connectivity index (χ2n) is 9.62. The van der Waals surface area contributed by atoms with Crippen molar-refractivity contribution in [1.82, 2.24) is 34.1 Å². The molecule has 1 fully saturated rings. The molecule has 1 saturated heterocycles. The number of H-pyrrole nitrogens is 1. The van der Waals surface area contributed by atoms with Crippen molar-refractivity contribution in [3.63, 3.8) is 0 Å². The predicted octanol–water partition coefficient (Wildman–Crippen LogP) is 1.99. The number of likely N-dealkylation sites (N-methyl/N-ethyl adjacent to an activating group) is 1. The average Bonchev–Trinajstić information content (AvgIpc) is 3.52. The van der Waals surface area contributed by atoms with Gasteiger partial charge in [-0.15, -0.1) is 23.7 Å². The molecule has 1 N–H and O–H groups in total. The van der Waals surface area contributed by atoms with Gasteiger partial charge in [0.25, 0.3) is 15.9 Å². The van der Waals surface area contributed by atoms with E-state index in [4.69, 9.17) is 16.9 Å². The number of carbonyl (C=O) groups excluding carboxylic acids is 2. The lowest BCUT2D eigenvalue weighted by atomic mass is 10.1. The summed E-state index contributed by atoms with van der Waals surface area (Å²) in [5, 5.41) is 14.5. The second-order valence-corrected chi connectivity index (χ2v) is 13.0. The third kappa shape index (κ3) is 5.55. The molecule has 1 atom stereocenters. The van der Waals surface area contributed by atoms with E-state index in [9.17, 15) is 18.0 Å². The van der Waals surface area contributed by atoms with Crippen LogP contribution in [0.4, 0.5) is 0 Å². The Balaban J connectivity index is 0.00000370. The van der Waals surface area contributed by atoms with E-state index < -0.39 is 27.9 Å². The van der Waals surface area contributed by atoms with E-state index in [0.29, 0.717) is 29.0 Å². The van der Waals surface area contributed by atoms with Crippen LogP contribution in [0.2, 0.25) is 5.02 Å². The van der Waals surface area contributed by atoms with E-state index in [-0.39, 0.29) is 48.6 Å². The summed E-state index contributed by atoms with van der Waals surface area (Å²) >= 11 is 7.35. The fourth-order valence-electron chi connectivity index (χ4n) is 4.73. The van der Waals surface area contributed by atoms with Crippen molar-refractivity contribution in [2.24, 2.45) is 0 Å². The first-order valence-corrected chi connectivity index (χ1v) is 14.7. The Labute approximate surface area is 247 Å². The van der Waals surface area contributed by atoms with Crippen molar-refractivity contribution >= 4 is 68.1 Å². The van der Waals surface area contributed by atoms with E-state index in [1.165, 1.54) is 38.6 Å². The standard InChI is InChI=1S/C24H27ClN8O4S2.ClH/c1-29(7-6-26)23(34)19-13-32(39(36,37)21-11-15-10-16(25)4-5-17(15)27-21)8-9-33(19)24(35)22-28-18-12-30(2)31(3)14-20(18)38-22;/h4-5,10-11,19,27H,7-9,12-14H2,1-3H3;1H. The van der Waals surface area contributed by atoms with Crippen LogP contribution in [0.1, 0.15) is 20.4 Å². The van der Waals surface area contributed by atoms with E-state index in [2.05, 4.69) is 9.97 Å². The van der Waals surface area contributed by atoms with E-state index in [0.717, 1.165) is 10.6 Å². The number of sulfonamides is 1. The highest BCUT2D eigenvalue weighted by Crippen LogP contribution is 2.30. The maximum absolute atomic E-state index is 13.7. The lowest BCUT2D eigenvalue weighted by Gasteiger charge is -2.40. The largest absolute Gasteiger partial charge is 0.345 e. The quantitative estimate of drug-likeness (QED) is 0.425. The summed E-state index contributed by atoms with van der Waals surface area (Å²) in [6.45, 7) is 0.709. The Hall–Kier alpha value is -2.77. The van der Waals surface area contributed by atoms with Gasteiger partial charge in [0.2, 0.25) is 5.91 Å². The van der Waals surface area contributed by atoms with E-state index >= 15 is 0 Å². The monoisotopic (exact) mass is 626 g/mol. The highest BCUT2D eigenvalue weighted by molar-refractivity contribution is 7.89. The van der Waals surface area contributed by atoms with Crippen LogP contribution in [0.15, 0.2) is 29.3 Å². The predicted molar refractivity (Wildman–Crippen MR) is 152 cm³/mol. The zero-order chi connectivity index (χ0) is 28.1. The fourth-order valence-corrected chi connectivity index (χ4v) is 7.44. The lowest BCUT2D eigenvalue weighted by Crippen LogP contribution is -2.61. The molecule has 0 saturated carbocycles. The number of halogens is 2. The van der Waals surface area contributed by atoms with Crippen molar-refractivity contribution in [2.75, 3.05) is 47.3 Å². The van der Waals surface area contributed by atoms with Gasteiger partial charge < -0.3 is 14.8 Å². The summed E-state index contributed by atoms with van der Waals surface area (Å²) in [5.41, 5.74) is 1.42. The first kappa shape index (κ1) is 30.2. The number of aromatic nitrogens is 2. The number of benzene rings is 1. The number of aromatic amines is 1. The number of rotatable bonds is 5. The highest BCUT2D eigenvalue weighted by Gasteiger charge is 2.42. The Morgan fingerprint density at radius 2 is 1.95 bits per heavy atom. The molecule has 12 nitrogen and oxygen atoms in total. The smallest absolute Gasteiger partial charge is 0.283 e. The zero-order valence-electron chi connectivity index (χ0n) is 22.0. The van der Waals surface area contributed by atoms with Crippen molar-refractivity contribution in [1.29, 1.82) is 5.26 Å². The summed E-state index contributed by atoms with van der Waals surface area (Å²) in [5.74, 6) is -0.949. The van der Waals surface area contributed by atoms with Gasteiger partial charge >= 0.3 is 0 Å². The fraction of sp³-hybridized carbons (Fsp3) is 0.417. The first-order chi connectivity index (χ1) is 18.5. The Morgan fingerprint density at radius 1 is 1.23 bits per heavy atom. The van der Waals surface area contributed by atoms with Crippen molar-refractivity contribution < 1.29 is 18.0 Å². The van der Waals surface area contributed by atoms with Crippen LogP contribution in [0.3, 0.4) is 0 Å². The average molecular weight is 628 g/mol. The van der Waals surface area contributed by atoms with Gasteiger partial charge in [-0.25, -0.2) is 23.4 Å². The number of nitrogens with one attached hydrogen (secondary N) is 1. The molecule has 3 aromatic rings. The SMILES string of the molecule is CN(CC#N)C(=O)C1CN(S(=O)(=O)c2cc3cc(Cl)ccc3[nH]2)CCN1C(=O)c1nc2c(s1)CN(C)N(C)C2.Cl. The summed E-state index contributed by atoms with van der Waals surface area (Å²) in [4.78, 5) is 38.1. The summed E-state index contributed by atoms with van der Waals surface area (Å²) in [7, 11) is 1.31. The number of hydrogen-bond acceptors (Lipinski definition) is 9. The Bertz CT molecular complexity index is 1570. The molecule has 40 heavy (non-hydrogen) atoms. The maximum Gasteiger partial charge on any atom is 0.283 e. The minimum absolute atomic E-state index is 0. The Kier molecular flexibility index (Phi) is 8.77. The second kappa shape index (κ2) is 11.6. The summed E-state index contributed by atoms with van der Waals surface area (Å²) < 4.78 is 28.4. The molecule has 0 bridgehead atoms. The van der Waals surface area contributed by atoms with Crippen LogP contribution in [-0.4, -0.2) is 108 Å². The molecule has 2 aromatic heterocycles. The number of piperazine rings is 1. The maximum atomic E-state index is 13.7. The number of hydrazine groups is 1. The summed E-state index contributed by atoms with van der Waals surface area (Å²) in [6, 6.07) is 7.32. The molecule has 16 heteroatoms. The van der Waals surface area contributed by atoms with Crippen LogP contribution >= 0.6 is 35.3 Å². The molecular weight excluding hydrogens is 599 g/mol. The van der Waals surface area contributed by atoms with Gasteiger partial charge in [-0.2, -0.15) is 9.57 Å². The van der Waals surface area contributed by atoms with Gasteiger partial charge in [0.05, 0.1) is 18.3 Å². The Morgan fingerprint density at radius 3 is 2.67 bits per heavy atom. The zero-order valence-corrected chi connectivity index (χ0v) is 25.2. The van der Waals surface area contributed by atoms with Gasteiger partial charge in [0.15, 0.2) is 5.01 Å². The number of nitriles is 1. The lowest BCUT2D eigenvalue weighted by molar-refractivity contribution is -0.135. The molecule has 5 rings (SSSR count). The van der Waals surface area contributed by atoms with Crippen LogP contribution in [0, 0.1) is 11.3 Å². The molecule has 4 heterocycles. The minimum Gasteiger partial charge on any atom is -0.345 e. The van der Waals surface area contributed by atoms with Crippen molar-refractivity contribution in [2.45, 2.75) is 24.2 Å². The van der Waals surface area contributed by atoms with Crippen LogP contribution in [0.25, 0.3) is 10.9 Å². The number of nitrogens with zero attached hydrogens (tertiary/aromatic N) is 7. The minimum atomic E-state index is -4.03. The number of thiazole rings is 1. The van der Waals surface area contributed by atoms with Crippen LogP contribution < -0.4 is 0 Å². The first-order valence-electron chi connectivity index (χ1n) is 12.1. The number of carbonyl (C=O) groups is 2. The van der Waals surface area contributed by atoms with Crippen LogP contribution in [0.5, 0.6) is 0 Å². The molecule has 0 spiro atoms. The van der Waals surface area contributed by atoms with Gasteiger partial charge in [0, 0.05) is 68.1 Å². The molecule has 2 aliphatic rings. The molecule has 1 unspecified atom stereocenters. The van der Waals surface area contributed by atoms with E-state index in [1.54, 1.807) is 18.2 Å². The summed E-state index contributed by atoms with van der Waals surface area (Å²) in [6.07, 6.45) is 0. The molecule has 214 valence electrons. The molecule has 0 aliphatic carbocycles. The van der Waals surface area contributed by atoms with E-state index in [1.807, 2.05) is 30.2 Å². The molecule has 1 aromatic carbocycles. The van der Waals surface area contributed by atoms with Gasteiger partial charge in [-0.05, 0) is 24.3 Å². The molecular formula is C24H28Cl2N8O4S2.